The summed E-state index contributed by atoms with van der Waals surface area (Å²) in [6, 6.07) is 8.81. The lowest BCUT2D eigenvalue weighted by Crippen LogP contribution is -2.49. The van der Waals surface area contributed by atoms with Gasteiger partial charge in [-0.25, -0.2) is 0 Å². The molecular weight excluding hydrogens is 384 g/mol. The van der Waals surface area contributed by atoms with Crippen molar-refractivity contribution in [2.75, 3.05) is 27.3 Å². The maximum atomic E-state index is 13.2. The number of rotatable bonds is 7. The van der Waals surface area contributed by atoms with Gasteiger partial charge in [-0.15, -0.1) is 11.3 Å². The smallest absolute Gasteiger partial charge is 0.237 e. The van der Waals surface area contributed by atoms with Crippen molar-refractivity contribution in [1.82, 2.24) is 9.80 Å². The summed E-state index contributed by atoms with van der Waals surface area (Å²) in [6.45, 7) is 9.57. The van der Waals surface area contributed by atoms with E-state index in [4.69, 9.17) is 9.47 Å². The van der Waals surface area contributed by atoms with Gasteiger partial charge in [-0.2, -0.15) is 0 Å². The van der Waals surface area contributed by atoms with Gasteiger partial charge in [0.05, 0.1) is 26.8 Å². The number of benzene rings is 1. The largest absolute Gasteiger partial charge is 0.493 e. The predicted molar refractivity (Wildman–Crippen MR) is 118 cm³/mol. The van der Waals surface area contributed by atoms with Gasteiger partial charge >= 0.3 is 0 Å². The lowest BCUT2D eigenvalue weighted by Gasteiger charge is -2.39. The molecule has 1 aliphatic rings. The van der Waals surface area contributed by atoms with E-state index in [0.717, 1.165) is 24.5 Å². The van der Waals surface area contributed by atoms with Gasteiger partial charge in [0.1, 0.15) is 0 Å². The van der Waals surface area contributed by atoms with E-state index in [0.29, 0.717) is 6.54 Å². The van der Waals surface area contributed by atoms with Crippen LogP contribution < -0.4 is 9.47 Å². The van der Waals surface area contributed by atoms with Crippen molar-refractivity contribution in [2.24, 2.45) is 0 Å². The Bertz CT molecular complexity index is 825. The normalized spacial score (nSPS) is 16.8. The second-order valence-corrected chi connectivity index (χ2v) is 9.01. The highest BCUT2D eigenvalue weighted by Gasteiger charge is 2.33. The number of methoxy groups -OCH3 is 2. The van der Waals surface area contributed by atoms with Crippen molar-refractivity contribution in [1.29, 1.82) is 0 Å². The molecule has 0 fully saturated rings. The fourth-order valence-corrected chi connectivity index (χ4v) is 5.25. The zero-order valence-corrected chi connectivity index (χ0v) is 19.1. The van der Waals surface area contributed by atoms with Gasteiger partial charge in [0.2, 0.25) is 5.91 Å². The molecule has 2 aromatic rings. The van der Waals surface area contributed by atoms with Gasteiger partial charge in [-0.1, -0.05) is 6.07 Å². The van der Waals surface area contributed by atoms with E-state index in [1.54, 1.807) is 25.6 Å². The fourth-order valence-electron chi connectivity index (χ4n) is 4.38. The lowest BCUT2D eigenvalue weighted by molar-refractivity contribution is -0.136. The van der Waals surface area contributed by atoms with Gasteiger partial charge in [0.25, 0.3) is 0 Å². The molecule has 158 valence electrons. The van der Waals surface area contributed by atoms with Crippen molar-refractivity contribution in [2.45, 2.75) is 52.2 Å². The van der Waals surface area contributed by atoms with Crippen molar-refractivity contribution in [3.8, 4) is 11.5 Å². The van der Waals surface area contributed by atoms with E-state index >= 15 is 0 Å². The Morgan fingerprint density at radius 3 is 2.38 bits per heavy atom. The van der Waals surface area contributed by atoms with Gasteiger partial charge in [-0.3, -0.25) is 9.69 Å². The minimum absolute atomic E-state index is 0.0451. The first kappa shape index (κ1) is 21.7. The maximum absolute atomic E-state index is 13.2. The maximum Gasteiger partial charge on any atom is 0.237 e. The topological polar surface area (TPSA) is 42.0 Å². The third kappa shape index (κ3) is 4.43. The minimum atomic E-state index is 0.0451. The van der Waals surface area contributed by atoms with E-state index in [9.17, 15) is 4.79 Å². The molecule has 0 aliphatic carbocycles. The van der Waals surface area contributed by atoms with Crippen LogP contribution >= 0.6 is 11.3 Å². The van der Waals surface area contributed by atoms with Gasteiger partial charge in [0.15, 0.2) is 11.5 Å². The summed E-state index contributed by atoms with van der Waals surface area (Å²) in [7, 11) is 3.33. The molecule has 0 saturated heterocycles. The number of fused-ring (bicyclic) bond motifs is 1. The first-order valence-electron chi connectivity index (χ1n) is 10.2. The molecule has 29 heavy (non-hydrogen) atoms. The van der Waals surface area contributed by atoms with E-state index < -0.39 is 0 Å². The van der Waals surface area contributed by atoms with Crippen LogP contribution in [0, 0.1) is 0 Å². The third-order valence-corrected chi connectivity index (χ3v) is 6.45. The highest BCUT2D eigenvalue weighted by atomic mass is 32.1. The van der Waals surface area contributed by atoms with E-state index in [-0.39, 0.29) is 24.0 Å². The Morgan fingerprint density at radius 2 is 1.83 bits per heavy atom. The van der Waals surface area contributed by atoms with Crippen LogP contribution in [0.3, 0.4) is 0 Å². The van der Waals surface area contributed by atoms with Gasteiger partial charge in [-0.05, 0) is 68.8 Å². The molecule has 1 aromatic carbocycles. The van der Waals surface area contributed by atoms with E-state index in [2.05, 4.69) is 62.2 Å². The second kappa shape index (κ2) is 9.18. The van der Waals surface area contributed by atoms with E-state index in [1.807, 2.05) is 4.90 Å². The molecule has 5 nitrogen and oxygen atoms in total. The number of carbonyl (C=O) groups excluding carboxylic acids is 1. The summed E-state index contributed by atoms with van der Waals surface area (Å²) in [4.78, 5) is 18.7. The lowest BCUT2D eigenvalue weighted by atomic mass is 9.90. The molecule has 1 unspecified atom stereocenters. The van der Waals surface area contributed by atoms with Crippen molar-refractivity contribution in [3.63, 3.8) is 0 Å². The standard InChI is InChI=1S/C23H32N2O3S/c1-15(2)25(16(3)4)22(26)14-24-10-9-17-12-19(27-5)20(28-6)13-18(17)23(24)21-8-7-11-29-21/h7-8,11-13,15-16,23H,9-10,14H2,1-6H3. The van der Waals surface area contributed by atoms with Crippen LogP contribution in [0.1, 0.15) is 49.7 Å². The molecule has 0 N–H and O–H groups in total. The first-order valence-corrected chi connectivity index (χ1v) is 11.1. The Balaban J connectivity index is 1.98. The molecular formula is C23H32N2O3S. The SMILES string of the molecule is COc1cc2c(cc1OC)C(c1cccs1)N(CC(=O)N(C(C)C)C(C)C)CC2. The molecule has 0 bridgehead atoms. The number of amides is 1. The summed E-state index contributed by atoms with van der Waals surface area (Å²) in [5.74, 6) is 1.67. The fraction of sp³-hybridized carbons (Fsp3) is 0.522. The zero-order valence-electron chi connectivity index (χ0n) is 18.3. The van der Waals surface area contributed by atoms with Gasteiger partial charge in [0, 0.05) is 23.5 Å². The molecule has 1 atom stereocenters. The van der Waals surface area contributed by atoms with Crippen LogP contribution in [0.5, 0.6) is 11.5 Å². The first-order chi connectivity index (χ1) is 13.9. The number of hydrogen-bond donors (Lipinski definition) is 0. The van der Waals surface area contributed by atoms with Crippen LogP contribution in [0.4, 0.5) is 0 Å². The summed E-state index contributed by atoms with van der Waals surface area (Å²) in [5.41, 5.74) is 2.46. The number of hydrogen-bond acceptors (Lipinski definition) is 5. The van der Waals surface area contributed by atoms with Crippen molar-refractivity contribution < 1.29 is 14.3 Å². The average molecular weight is 417 g/mol. The van der Waals surface area contributed by atoms with Crippen LogP contribution in [0.2, 0.25) is 0 Å². The molecule has 0 saturated carbocycles. The Labute approximate surface area is 178 Å². The van der Waals surface area contributed by atoms with Crippen LogP contribution in [-0.2, 0) is 11.2 Å². The molecule has 0 spiro atoms. The third-order valence-electron chi connectivity index (χ3n) is 5.53. The Hall–Kier alpha value is -2.05. The minimum Gasteiger partial charge on any atom is -0.493 e. The van der Waals surface area contributed by atoms with Gasteiger partial charge < -0.3 is 14.4 Å². The number of nitrogens with zero attached hydrogens (tertiary/aromatic N) is 2. The predicted octanol–water partition coefficient (Wildman–Crippen LogP) is 4.36. The number of carbonyl (C=O) groups is 1. The quantitative estimate of drug-likeness (QED) is 0.673. The molecule has 2 heterocycles. The summed E-state index contributed by atoms with van der Waals surface area (Å²) >= 11 is 1.73. The molecule has 1 amide bonds. The van der Waals surface area contributed by atoms with E-state index in [1.165, 1.54) is 16.0 Å². The molecule has 0 radical (unpaired) electrons. The monoisotopic (exact) mass is 416 g/mol. The Morgan fingerprint density at radius 1 is 1.17 bits per heavy atom. The van der Waals surface area contributed by atoms with Crippen molar-refractivity contribution in [3.05, 3.63) is 45.6 Å². The van der Waals surface area contributed by atoms with Crippen molar-refractivity contribution >= 4 is 17.2 Å². The molecule has 1 aliphatic heterocycles. The summed E-state index contributed by atoms with van der Waals surface area (Å²) < 4.78 is 11.1. The van der Waals surface area contributed by atoms with Crippen LogP contribution in [0.15, 0.2) is 29.6 Å². The zero-order chi connectivity index (χ0) is 21.1. The number of ether oxygens (including phenoxy) is 2. The average Bonchev–Trinajstić information content (AvgIpc) is 3.20. The summed E-state index contributed by atoms with van der Waals surface area (Å²) in [5, 5.41) is 2.10. The number of thiophene rings is 1. The summed E-state index contributed by atoms with van der Waals surface area (Å²) in [6.07, 6.45) is 0.883. The molecule has 3 rings (SSSR count). The van der Waals surface area contributed by atoms with Crippen LogP contribution in [-0.4, -0.2) is 55.1 Å². The molecule has 1 aromatic heterocycles. The molecule has 6 heteroatoms. The second-order valence-electron chi connectivity index (χ2n) is 8.03. The Kier molecular flexibility index (Phi) is 6.85. The highest BCUT2D eigenvalue weighted by Crippen LogP contribution is 2.42. The van der Waals surface area contributed by atoms with Crippen LogP contribution in [0.25, 0.3) is 0 Å². The highest BCUT2D eigenvalue weighted by molar-refractivity contribution is 7.10.